The summed E-state index contributed by atoms with van der Waals surface area (Å²) >= 11 is 0. The molecule has 0 amide bonds. The number of nitrogens with one attached hydrogen (secondary N) is 1. The van der Waals surface area contributed by atoms with Crippen molar-refractivity contribution in [3.8, 4) is 11.3 Å². The summed E-state index contributed by atoms with van der Waals surface area (Å²) in [6.07, 6.45) is 3.05. The zero-order valence-electron chi connectivity index (χ0n) is 18.9. The molecule has 0 saturated heterocycles. The van der Waals surface area contributed by atoms with Crippen LogP contribution in [-0.4, -0.2) is 18.2 Å². The fourth-order valence-corrected chi connectivity index (χ4v) is 5.15. The van der Waals surface area contributed by atoms with Gasteiger partial charge in [-0.3, -0.25) is 4.68 Å². The standard InChI is InChI=1S/C24H26F3N3O2S/c1-14-5-9-16(10-6-14)33(31,32)29-22(15-7-8-15)18-13-28-30(24(2,3)4)23(18)17-11-20(26)21(27)12-19(17)25/h5-6,9-13,15,22,29H,7-8H2,1-4H3. The highest BCUT2D eigenvalue weighted by Gasteiger charge is 2.39. The second-order valence-corrected chi connectivity index (χ2v) is 11.2. The number of aromatic nitrogens is 2. The first-order valence-electron chi connectivity index (χ1n) is 10.7. The van der Waals surface area contributed by atoms with Gasteiger partial charge in [-0.2, -0.15) is 5.10 Å². The molecule has 1 fully saturated rings. The molecule has 1 atom stereocenters. The normalized spacial score (nSPS) is 15.6. The smallest absolute Gasteiger partial charge is 0.241 e. The lowest BCUT2D eigenvalue weighted by atomic mass is 9.97. The van der Waals surface area contributed by atoms with Crippen molar-refractivity contribution >= 4 is 10.0 Å². The third kappa shape index (κ3) is 4.70. The van der Waals surface area contributed by atoms with Crippen LogP contribution < -0.4 is 4.72 Å². The van der Waals surface area contributed by atoms with E-state index < -0.39 is 39.1 Å². The second-order valence-electron chi connectivity index (χ2n) is 9.53. The zero-order valence-corrected chi connectivity index (χ0v) is 19.7. The Bertz CT molecular complexity index is 1290. The Morgan fingerprint density at radius 2 is 1.64 bits per heavy atom. The average molecular weight is 478 g/mol. The number of sulfonamides is 1. The Kier molecular flexibility index (Phi) is 5.90. The Morgan fingerprint density at radius 3 is 2.21 bits per heavy atom. The molecule has 1 heterocycles. The average Bonchev–Trinajstić information content (AvgIpc) is 3.46. The first kappa shape index (κ1) is 23.5. The van der Waals surface area contributed by atoms with Gasteiger partial charge in [-0.1, -0.05) is 17.7 Å². The fraction of sp³-hybridized carbons (Fsp3) is 0.375. The van der Waals surface area contributed by atoms with Crippen molar-refractivity contribution in [3.63, 3.8) is 0 Å². The van der Waals surface area contributed by atoms with Crippen LogP contribution in [0.5, 0.6) is 0 Å². The van der Waals surface area contributed by atoms with Crippen molar-refractivity contribution in [1.82, 2.24) is 14.5 Å². The van der Waals surface area contributed by atoms with E-state index in [0.29, 0.717) is 11.6 Å². The molecule has 0 spiro atoms. The molecular formula is C24H26F3N3O2S. The molecule has 4 rings (SSSR count). The Hall–Kier alpha value is -2.65. The maximum Gasteiger partial charge on any atom is 0.241 e. The highest BCUT2D eigenvalue weighted by atomic mass is 32.2. The lowest BCUT2D eigenvalue weighted by Crippen LogP contribution is -2.31. The molecule has 0 aliphatic heterocycles. The summed E-state index contributed by atoms with van der Waals surface area (Å²) in [5, 5.41) is 4.40. The van der Waals surface area contributed by atoms with Crippen molar-refractivity contribution in [2.75, 3.05) is 0 Å². The van der Waals surface area contributed by atoms with E-state index in [1.54, 1.807) is 12.1 Å². The molecule has 0 radical (unpaired) electrons. The monoisotopic (exact) mass is 477 g/mol. The highest BCUT2D eigenvalue weighted by Crippen LogP contribution is 2.45. The number of nitrogens with zero attached hydrogens (tertiary/aromatic N) is 2. The second kappa shape index (κ2) is 8.29. The van der Waals surface area contributed by atoms with Crippen molar-refractivity contribution in [2.45, 2.75) is 57.0 Å². The van der Waals surface area contributed by atoms with Gasteiger partial charge in [0.2, 0.25) is 10.0 Å². The van der Waals surface area contributed by atoms with Crippen molar-refractivity contribution in [1.29, 1.82) is 0 Å². The Labute approximate surface area is 191 Å². The van der Waals surface area contributed by atoms with Gasteiger partial charge in [-0.15, -0.1) is 0 Å². The van der Waals surface area contributed by atoms with Gasteiger partial charge in [0, 0.05) is 17.2 Å². The van der Waals surface area contributed by atoms with Gasteiger partial charge < -0.3 is 0 Å². The maximum atomic E-state index is 14.9. The maximum absolute atomic E-state index is 14.9. The van der Waals surface area contributed by atoms with Crippen molar-refractivity contribution in [2.24, 2.45) is 5.92 Å². The van der Waals surface area contributed by atoms with Crippen molar-refractivity contribution < 1.29 is 21.6 Å². The molecule has 9 heteroatoms. The van der Waals surface area contributed by atoms with Gasteiger partial charge in [0.25, 0.3) is 0 Å². The molecular weight excluding hydrogens is 451 g/mol. The van der Waals surface area contributed by atoms with E-state index in [2.05, 4.69) is 9.82 Å². The summed E-state index contributed by atoms with van der Waals surface area (Å²) in [5.74, 6) is -3.45. The van der Waals surface area contributed by atoms with E-state index in [4.69, 9.17) is 0 Å². The summed E-state index contributed by atoms with van der Waals surface area (Å²) in [4.78, 5) is 0.113. The van der Waals surface area contributed by atoms with E-state index in [-0.39, 0.29) is 22.1 Å². The third-order valence-electron chi connectivity index (χ3n) is 5.74. The highest BCUT2D eigenvalue weighted by molar-refractivity contribution is 7.89. The number of rotatable bonds is 6. The Morgan fingerprint density at radius 1 is 1.03 bits per heavy atom. The van der Waals surface area contributed by atoms with Gasteiger partial charge >= 0.3 is 0 Å². The molecule has 33 heavy (non-hydrogen) atoms. The molecule has 3 aromatic rings. The van der Waals surface area contributed by atoms with E-state index in [9.17, 15) is 21.6 Å². The molecule has 1 aliphatic rings. The van der Waals surface area contributed by atoms with Crippen LogP contribution in [-0.2, 0) is 15.6 Å². The largest absolute Gasteiger partial charge is 0.259 e. The topological polar surface area (TPSA) is 64.0 Å². The summed E-state index contributed by atoms with van der Waals surface area (Å²) in [5.41, 5.74) is 0.775. The van der Waals surface area contributed by atoms with E-state index in [1.807, 2.05) is 27.7 Å². The molecule has 1 unspecified atom stereocenters. The molecule has 2 aromatic carbocycles. The molecule has 1 N–H and O–H groups in total. The van der Waals surface area contributed by atoms with Crippen LogP contribution in [0.2, 0.25) is 0 Å². The fourth-order valence-electron chi connectivity index (χ4n) is 3.87. The molecule has 1 saturated carbocycles. The van der Waals surface area contributed by atoms with Crippen LogP contribution >= 0.6 is 0 Å². The lowest BCUT2D eigenvalue weighted by molar-refractivity contribution is 0.359. The lowest BCUT2D eigenvalue weighted by Gasteiger charge is -2.25. The van der Waals surface area contributed by atoms with Crippen LogP contribution in [0.15, 0.2) is 47.5 Å². The van der Waals surface area contributed by atoms with Crippen LogP contribution in [0.1, 0.15) is 50.8 Å². The predicted molar refractivity (Wildman–Crippen MR) is 119 cm³/mol. The predicted octanol–water partition coefficient (Wildman–Crippen LogP) is 5.46. The molecule has 1 aromatic heterocycles. The number of hydrogen-bond acceptors (Lipinski definition) is 3. The van der Waals surface area contributed by atoms with E-state index >= 15 is 0 Å². The first-order chi connectivity index (χ1) is 15.4. The van der Waals surface area contributed by atoms with Gasteiger partial charge in [0.05, 0.1) is 28.4 Å². The number of benzene rings is 2. The van der Waals surface area contributed by atoms with Gasteiger partial charge in [-0.05, 0) is 64.7 Å². The van der Waals surface area contributed by atoms with E-state index in [1.165, 1.54) is 23.0 Å². The first-order valence-corrected chi connectivity index (χ1v) is 12.2. The van der Waals surface area contributed by atoms with Crippen LogP contribution in [0, 0.1) is 30.3 Å². The van der Waals surface area contributed by atoms with Crippen LogP contribution in [0.3, 0.4) is 0 Å². The van der Waals surface area contributed by atoms with Gasteiger partial charge in [-0.25, -0.2) is 26.3 Å². The minimum atomic E-state index is -3.89. The summed E-state index contributed by atoms with van der Waals surface area (Å²) in [6, 6.07) is 7.06. The van der Waals surface area contributed by atoms with Gasteiger partial charge in [0.15, 0.2) is 11.6 Å². The minimum absolute atomic E-state index is 0.0186. The third-order valence-corrected chi connectivity index (χ3v) is 7.20. The van der Waals surface area contributed by atoms with Crippen molar-refractivity contribution in [3.05, 3.63) is 71.2 Å². The SMILES string of the molecule is Cc1ccc(S(=O)(=O)NC(c2cnn(C(C)(C)C)c2-c2cc(F)c(F)cc2F)C2CC2)cc1. The molecule has 176 valence electrons. The van der Waals surface area contributed by atoms with E-state index in [0.717, 1.165) is 24.5 Å². The molecule has 5 nitrogen and oxygen atoms in total. The quantitative estimate of drug-likeness (QED) is 0.480. The summed E-state index contributed by atoms with van der Waals surface area (Å²) < 4.78 is 73.2. The zero-order chi connectivity index (χ0) is 24.1. The molecule has 0 bridgehead atoms. The van der Waals surface area contributed by atoms with Crippen LogP contribution in [0.4, 0.5) is 13.2 Å². The number of halogens is 3. The number of hydrogen-bond donors (Lipinski definition) is 1. The summed E-state index contributed by atoms with van der Waals surface area (Å²) in [6.45, 7) is 7.38. The Balaban J connectivity index is 1.86. The van der Waals surface area contributed by atoms with Crippen LogP contribution in [0.25, 0.3) is 11.3 Å². The molecule has 1 aliphatic carbocycles. The van der Waals surface area contributed by atoms with Gasteiger partial charge in [0.1, 0.15) is 5.82 Å². The summed E-state index contributed by atoms with van der Waals surface area (Å²) in [7, 11) is -3.89. The minimum Gasteiger partial charge on any atom is -0.259 e. The number of aryl methyl sites for hydroxylation is 1.